The molecule has 0 saturated carbocycles. The van der Waals surface area contributed by atoms with Crippen LogP contribution in [0, 0.1) is 0 Å². The number of aryl methyl sites for hydroxylation is 2. The van der Waals surface area contributed by atoms with Crippen molar-refractivity contribution in [3.63, 3.8) is 0 Å². The zero-order chi connectivity index (χ0) is 41.3. The fourth-order valence-corrected chi connectivity index (χ4v) is 6.23. The number of hydrogen-bond donors (Lipinski definition) is 2. The fraction of sp³-hybridized carbons (Fsp3) is 0.262. The summed E-state index contributed by atoms with van der Waals surface area (Å²) < 4.78 is 46.6. The second kappa shape index (κ2) is 18.4. The van der Waals surface area contributed by atoms with Gasteiger partial charge in [0.1, 0.15) is 11.4 Å². The van der Waals surface area contributed by atoms with E-state index in [1.165, 1.54) is 29.3 Å². The summed E-state index contributed by atoms with van der Waals surface area (Å²) in [6.45, 7) is 6.02. The van der Waals surface area contributed by atoms with Crippen molar-refractivity contribution < 1.29 is 47.3 Å². The molecule has 0 atom stereocenters. The number of fused-ring (bicyclic) bond motifs is 1. The zero-order valence-corrected chi connectivity index (χ0v) is 31.6. The summed E-state index contributed by atoms with van der Waals surface area (Å²) in [6.07, 6.45) is 0.329. The van der Waals surface area contributed by atoms with Crippen molar-refractivity contribution in [2.45, 2.75) is 32.5 Å². The summed E-state index contributed by atoms with van der Waals surface area (Å²) in [5, 5.41) is 16.5. The van der Waals surface area contributed by atoms with Gasteiger partial charge in [-0.1, -0.05) is 37.6 Å². The maximum Gasteiger partial charge on any atom is 0.416 e. The Bertz CT molecular complexity index is 2210. The molecule has 1 aliphatic rings. The molecule has 1 fully saturated rings. The monoisotopic (exact) mass is 785 g/mol. The molecule has 0 unspecified atom stereocenters. The van der Waals surface area contributed by atoms with Crippen LogP contribution in [-0.4, -0.2) is 86.5 Å². The van der Waals surface area contributed by atoms with Crippen LogP contribution in [0.1, 0.15) is 50.9 Å². The van der Waals surface area contributed by atoms with Crippen LogP contribution in [0.3, 0.4) is 0 Å². The average Bonchev–Trinajstić information content (AvgIpc) is 3.52. The molecule has 6 rings (SSSR count). The normalized spacial score (nSPS) is 13.3. The highest BCUT2D eigenvalue weighted by atomic mass is 19.4. The topological polar surface area (TPSA) is 146 Å². The summed E-state index contributed by atoms with van der Waals surface area (Å²) >= 11 is 0. The third-order valence-corrected chi connectivity index (χ3v) is 9.32. The smallest absolute Gasteiger partial charge is 0.416 e. The number of carbonyl (C=O) groups is 4. The number of hydrogen-bond acceptors (Lipinski definition) is 7. The van der Waals surface area contributed by atoms with Gasteiger partial charge in [-0.05, 0) is 72.1 Å². The molecule has 3 heterocycles. The van der Waals surface area contributed by atoms with Gasteiger partial charge in [0.15, 0.2) is 0 Å². The molecule has 57 heavy (non-hydrogen) atoms. The first-order chi connectivity index (χ1) is 27.1. The number of nitrogens with zero attached hydrogens (tertiary/aromatic N) is 5. The highest BCUT2D eigenvalue weighted by molar-refractivity contribution is 6.05. The number of carbonyl (C=O) groups excluding carboxylic acids is 2. The standard InChI is InChI=1S/C38H38F3N5O3.C4H4O4/c1-4-5-26-6-8-27(9-7-26)25-45-18-20-46(21-19-45)37(48)34-23-29-22-32(15-16-33(29)44(34)3)49-35-17-14-31(24-42-35)43(2)36(47)28-10-12-30(13-11-28)38(39,40)41;5-3(6)1-2-4(7)8/h6-17,22-24H,4-5,18-21,25H2,1-3H3;1-2H,(H,5,6)(H,7,8). The van der Waals surface area contributed by atoms with Crippen molar-refractivity contribution in [3.8, 4) is 11.6 Å². The highest BCUT2D eigenvalue weighted by Gasteiger charge is 2.30. The molecule has 2 amide bonds. The predicted molar refractivity (Wildman–Crippen MR) is 207 cm³/mol. The van der Waals surface area contributed by atoms with E-state index in [0.29, 0.717) is 48.3 Å². The van der Waals surface area contributed by atoms with Crippen molar-refractivity contribution in [3.05, 3.63) is 131 Å². The Labute approximate surface area is 327 Å². The van der Waals surface area contributed by atoms with Crippen molar-refractivity contribution in [2.75, 3.05) is 38.1 Å². The summed E-state index contributed by atoms with van der Waals surface area (Å²) in [4.78, 5) is 55.5. The van der Waals surface area contributed by atoms with Crippen LogP contribution in [0.2, 0.25) is 0 Å². The first-order valence-electron chi connectivity index (χ1n) is 18.0. The Morgan fingerprint density at radius 1 is 0.842 bits per heavy atom. The predicted octanol–water partition coefficient (Wildman–Crippen LogP) is 7.28. The van der Waals surface area contributed by atoms with Gasteiger partial charge in [-0.2, -0.15) is 13.2 Å². The lowest BCUT2D eigenvalue weighted by Gasteiger charge is -2.34. The quantitative estimate of drug-likeness (QED) is 0.132. The Morgan fingerprint density at radius 2 is 1.47 bits per heavy atom. The lowest BCUT2D eigenvalue weighted by Crippen LogP contribution is -2.48. The van der Waals surface area contributed by atoms with Crippen LogP contribution in [-0.2, 0) is 35.8 Å². The Kier molecular flexibility index (Phi) is 13.5. The number of aromatic nitrogens is 2. The maximum atomic E-state index is 13.6. The molecule has 15 heteroatoms. The molecule has 3 aromatic carbocycles. The molecule has 1 aliphatic heterocycles. The highest BCUT2D eigenvalue weighted by Crippen LogP contribution is 2.31. The maximum absolute atomic E-state index is 13.6. The SMILES string of the molecule is CCCc1ccc(CN2CCN(C(=O)c3cc4cc(Oc5ccc(N(C)C(=O)c6ccc(C(F)(F)F)cc6)cn5)ccc4n3C)CC2)cc1.O=C(O)C=CC(=O)O. The van der Waals surface area contributed by atoms with Gasteiger partial charge in [-0.3, -0.25) is 14.5 Å². The number of carboxylic acid groups (broad SMARTS) is 2. The number of halogens is 3. The van der Waals surface area contributed by atoms with Crippen LogP contribution in [0.4, 0.5) is 18.9 Å². The minimum Gasteiger partial charge on any atom is -0.478 e. The zero-order valence-electron chi connectivity index (χ0n) is 31.6. The van der Waals surface area contributed by atoms with E-state index < -0.39 is 29.6 Å². The lowest BCUT2D eigenvalue weighted by atomic mass is 10.1. The molecule has 0 radical (unpaired) electrons. The molecule has 298 valence electrons. The second-order valence-electron chi connectivity index (χ2n) is 13.3. The number of alkyl halides is 3. The Balaban J connectivity index is 0.000000701. The second-order valence-corrected chi connectivity index (χ2v) is 13.3. The van der Waals surface area contributed by atoms with Crippen molar-refractivity contribution >= 4 is 40.3 Å². The molecule has 12 nitrogen and oxygen atoms in total. The number of anilines is 1. The van der Waals surface area contributed by atoms with Gasteiger partial charge in [0.05, 0.1) is 17.4 Å². The molecule has 5 aromatic rings. The Morgan fingerprint density at radius 3 is 2.04 bits per heavy atom. The van der Waals surface area contributed by atoms with Crippen molar-refractivity contribution in [2.24, 2.45) is 7.05 Å². The molecule has 0 spiro atoms. The molecule has 2 N–H and O–H groups in total. The van der Waals surface area contributed by atoms with E-state index in [4.69, 9.17) is 14.9 Å². The number of pyridine rings is 1. The van der Waals surface area contributed by atoms with Crippen LogP contribution in [0.5, 0.6) is 11.6 Å². The summed E-state index contributed by atoms with van der Waals surface area (Å²) in [5.74, 6) is -2.17. The summed E-state index contributed by atoms with van der Waals surface area (Å²) in [7, 11) is 3.41. The van der Waals surface area contributed by atoms with E-state index in [1.54, 1.807) is 18.2 Å². The van der Waals surface area contributed by atoms with Gasteiger partial charge in [0.25, 0.3) is 11.8 Å². The number of aliphatic carboxylic acids is 2. The minimum absolute atomic E-state index is 0.00282. The van der Waals surface area contributed by atoms with E-state index in [1.807, 2.05) is 34.7 Å². The Hall–Kier alpha value is -6.48. The average molecular weight is 786 g/mol. The molecule has 0 bridgehead atoms. The van der Waals surface area contributed by atoms with E-state index in [9.17, 15) is 32.3 Å². The minimum atomic E-state index is -4.48. The third-order valence-electron chi connectivity index (χ3n) is 9.32. The number of amides is 2. The van der Waals surface area contributed by atoms with Crippen molar-refractivity contribution in [1.29, 1.82) is 0 Å². The van der Waals surface area contributed by atoms with E-state index in [2.05, 4.69) is 41.1 Å². The third kappa shape index (κ3) is 11.1. The van der Waals surface area contributed by atoms with E-state index >= 15 is 0 Å². The largest absolute Gasteiger partial charge is 0.478 e. The van der Waals surface area contributed by atoms with Gasteiger partial charge >= 0.3 is 18.1 Å². The first-order valence-corrected chi connectivity index (χ1v) is 18.0. The molecular weight excluding hydrogens is 743 g/mol. The van der Waals surface area contributed by atoms with Crippen LogP contribution < -0.4 is 9.64 Å². The van der Waals surface area contributed by atoms with Gasteiger partial charge in [-0.15, -0.1) is 0 Å². The molecule has 0 aliphatic carbocycles. The van der Waals surface area contributed by atoms with Gasteiger partial charge in [-0.25, -0.2) is 14.6 Å². The van der Waals surface area contributed by atoms with E-state index in [0.717, 1.165) is 67.6 Å². The molecule has 1 saturated heterocycles. The van der Waals surface area contributed by atoms with Crippen LogP contribution in [0.25, 0.3) is 10.9 Å². The van der Waals surface area contributed by atoms with Gasteiger partial charge in [0.2, 0.25) is 5.88 Å². The fourth-order valence-electron chi connectivity index (χ4n) is 6.23. The summed E-state index contributed by atoms with van der Waals surface area (Å²) in [5.41, 5.74) is 3.90. The van der Waals surface area contributed by atoms with Gasteiger partial charge < -0.3 is 29.3 Å². The summed E-state index contributed by atoms with van der Waals surface area (Å²) in [6, 6.07) is 23.6. The first kappa shape index (κ1) is 41.7. The van der Waals surface area contributed by atoms with E-state index in [-0.39, 0.29) is 11.5 Å². The van der Waals surface area contributed by atoms with Gasteiger partial charge in [0, 0.05) is 81.5 Å². The number of ether oxygens (including phenoxy) is 1. The molecule has 2 aromatic heterocycles. The molecular formula is C42H42F3N5O7. The number of benzene rings is 3. The van der Waals surface area contributed by atoms with Crippen LogP contribution in [0.15, 0.2) is 103 Å². The van der Waals surface area contributed by atoms with Crippen LogP contribution >= 0.6 is 0 Å². The number of carboxylic acids is 2. The lowest BCUT2D eigenvalue weighted by molar-refractivity contribution is -0.137. The number of rotatable bonds is 11. The number of piperazine rings is 1. The van der Waals surface area contributed by atoms with Crippen molar-refractivity contribution in [1.82, 2.24) is 19.4 Å².